The Morgan fingerprint density at radius 1 is 1.00 bits per heavy atom. The van der Waals surface area contributed by atoms with Crippen molar-refractivity contribution in [3.8, 4) is 28.7 Å². The summed E-state index contributed by atoms with van der Waals surface area (Å²) in [5, 5.41) is 1.01. The van der Waals surface area contributed by atoms with Gasteiger partial charge in [0.05, 0.1) is 11.2 Å². The summed E-state index contributed by atoms with van der Waals surface area (Å²) in [7, 11) is 0. The van der Waals surface area contributed by atoms with Crippen molar-refractivity contribution >= 4 is 10.9 Å². The molecule has 0 bridgehead atoms. The topological polar surface area (TPSA) is 62.1 Å². The Hall–Kier alpha value is -3.41. The summed E-state index contributed by atoms with van der Waals surface area (Å²) in [6.07, 6.45) is 3.77. The molecule has 2 aromatic carbocycles. The van der Waals surface area contributed by atoms with E-state index in [1.807, 2.05) is 66.3 Å². The number of ether oxygens (including phenoxy) is 2. The molecule has 0 saturated carbocycles. The van der Waals surface area contributed by atoms with Crippen LogP contribution >= 0.6 is 0 Å². The second kappa shape index (κ2) is 5.31. The van der Waals surface area contributed by atoms with Crippen LogP contribution in [-0.4, -0.2) is 26.3 Å². The number of imidazole rings is 1. The van der Waals surface area contributed by atoms with Crippen LogP contribution in [0.1, 0.15) is 5.82 Å². The van der Waals surface area contributed by atoms with Gasteiger partial charge in [0.2, 0.25) is 12.7 Å². The van der Waals surface area contributed by atoms with E-state index in [4.69, 9.17) is 9.47 Å². The number of rotatable bonds is 2. The smallest absolute Gasteiger partial charge is 0.235 e. The predicted octanol–water partition coefficient (Wildman–Crippen LogP) is 3.52. The monoisotopic (exact) mass is 330 g/mol. The lowest BCUT2D eigenvalue weighted by atomic mass is 10.1. The van der Waals surface area contributed by atoms with E-state index in [-0.39, 0.29) is 6.79 Å². The lowest BCUT2D eigenvalue weighted by Crippen LogP contribution is -2.01. The molecule has 0 atom stereocenters. The van der Waals surface area contributed by atoms with E-state index in [9.17, 15) is 0 Å². The summed E-state index contributed by atoms with van der Waals surface area (Å²) >= 11 is 0. The maximum Gasteiger partial charge on any atom is 0.235 e. The maximum atomic E-state index is 5.45. The molecular weight excluding hydrogens is 316 g/mol. The SMILES string of the molecule is Cc1nc(-c2ccc3c(c2)OCO3)cn1-c1ncc2ccccc2n1. The molecule has 0 amide bonds. The van der Waals surface area contributed by atoms with Crippen LogP contribution in [-0.2, 0) is 0 Å². The third-order valence-electron chi connectivity index (χ3n) is 4.24. The van der Waals surface area contributed by atoms with Gasteiger partial charge in [0.1, 0.15) is 5.82 Å². The van der Waals surface area contributed by atoms with Crippen LogP contribution in [0.25, 0.3) is 28.1 Å². The van der Waals surface area contributed by atoms with Crippen LogP contribution in [0.5, 0.6) is 11.5 Å². The van der Waals surface area contributed by atoms with Gasteiger partial charge in [-0.2, -0.15) is 0 Å². The Balaban J connectivity index is 1.59. The second-order valence-electron chi connectivity index (χ2n) is 5.84. The van der Waals surface area contributed by atoms with Gasteiger partial charge in [0.25, 0.3) is 0 Å². The highest BCUT2D eigenvalue weighted by molar-refractivity contribution is 5.77. The average Bonchev–Trinajstić information content (AvgIpc) is 3.27. The zero-order valence-electron chi connectivity index (χ0n) is 13.5. The quantitative estimate of drug-likeness (QED) is 0.563. The van der Waals surface area contributed by atoms with Gasteiger partial charge >= 0.3 is 0 Å². The first-order valence-electron chi connectivity index (χ1n) is 7.96. The fourth-order valence-electron chi connectivity index (χ4n) is 2.95. The number of aromatic nitrogens is 4. The van der Waals surface area contributed by atoms with Crippen molar-refractivity contribution in [2.24, 2.45) is 0 Å². The van der Waals surface area contributed by atoms with Crippen molar-refractivity contribution in [2.45, 2.75) is 6.92 Å². The number of nitrogens with zero attached hydrogens (tertiary/aromatic N) is 4. The highest BCUT2D eigenvalue weighted by atomic mass is 16.7. The predicted molar refractivity (Wildman–Crippen MR) is 93.0 cm³/mol. The van der Waals surface area contributed by atoms with Crippen LogP contribution in [0.15, 0.2) is 54.9 Å². The van der Waals surface area contributed by atoms with Gasteiger partial charge in [-0.15, -0.1) is 0 Å². The van der Waals surface area contributed by atoms with Gasteiger partial charge in [-0.05, 0) is 31.2 Å². The highest BCUT2D eigenvalue weighted by Crippen LogP contribution is 2.35. The first-order chi connectivity index (χ1) is 12.3. The normalized spacial score (nSPS) is 12.7. The van der Waals surface area contributed by atoms with Crippen LogP contribution in [0.3, 0.4) is 0 Å². The molecule has 1 aliphatic heterocycles. The van der Waals surface area contributed by atoms with E-state index >= 15 is 0 Å². The molecule has 0 radical (unpaired) electrons. The van der Waals surface area contributed by atoms with E-state index in [0.717, 1.165) is 39.5 Å². The molecule has 0 spiro atoms. The van der Waals surface area contributed by atoms with Crippen LogP contribution in [0.4, 0.5) is 0 Å². The zero-order chi connectivity index (χ0) is 16.8. The Labute approximate surface area is 143 Å². The number of aryl methyl sites for hydroxylation is 1. The fraction of sp³-hybridized carbons (Fsp3) is 0.105. The first-order valence-corrected chi connectivity index (χ1v) is 7.96. The molecule has 0 aliphatic carbocycles. The van der Waals surface area contributed by atoms with Gasteiger partial charge in [0.15, 0.2) is 11.5 Å². The molecule has 1 aliphatic rings. The van der Waals surface area contributed by atoms with Crippen LogP contribution in [0, 0.1) is 6.92 Å². The molecule has 122 valence electrons. The van der Waals surface area contributed by atoms with Crippen molar-refractivity contribution in [1.29, 1.82) is 0 Å². The molecule has 4 aromatic rings. The average molecular weight is 330 g/mol. The van der Waals surface area contributed by atoms with Crippen molar-refractivity contribution in [1.82, 2.24) is 19.5 Å². The largest absolute Gasteiger partial charge is 0.454 e. The number of benzene rings is 2. The summed E-state index contributed by atoms with van der Waals surface area (Å²) in [4.78, 5) is 13.8. The van der Waals surface area contributed by atoms with E-state index in [0.29, 0.717) is 5.95 Å². The summed E-state index contributed by atoms with van der Waals surface area (Å²) in [6, 6.07) is 13.7. The van der Waals surface area contributed by atoms with Gasteiger partial charge < -0.3 is 9.47 Å². The van der Waals surface area contributed by atoms with Crippen molar-refractivity contribution in [3.63, 3.8) is 0 Å². The van der Waals surface area contributed by atoms with Gasteiger partial charge in [-0.25, -0.2) is 15.0 Å². The van der Waals surface area contributed by atoms with Crippen molar-refractivity contribution in [3.05, 3.63) is 60.7 Å². The fourth-order valence-corrected chi connectivity index (χ4v) is 2.95. The molecule has 5 rings (SSSR count). The van der Waals surface area contributed by atoms with Gasteiger partial charge in [-0.1, -0.05) is 18.2 Å². The molecule has 6 nitrogen and oxygen atoms in total. The second-order valence-corrected chi connectivity index (χ2v) is 5.84. The minimum atomic E-state index is 0.261. The van der Waals surface area contributed by atoms with Gasteiger partial charge in [0, 0.05) is 23.3 Å². The first kappa shape index (κ1) is 14.0. The molecule has 25 heavy (non-hydrogen) atoms. The molecule has 0 unspecified atom stereocenters. The standard InChI is InChI=1S/C19H14N4O2/c1-12-21-16(13-6-7-17-18(8-13)25-11-24-17)10-23(12)19-20-9-14-4-2-3-5-15(14)22-19/h2-10H,11H2,1H3. The van der Waals surface area contributed by atoms with Crippen LogP contribution < -0.4 is 9.47 Å². The number of hydrogen-bond acceptors (Lipinski definition) is 5. The summed E-state index contributed by atoms with van der Waals surface area (Å²) < 4.78 is 12.7. The third-order valence-corrected chi connectivity index (χ3v) is 4.24. The van der Waals surface area contributed by atoms with E-state index < -0.39 is 0 Å². The Kier molecular flexibility index (Phi) is 2.97. The molecule has 0 N–H and O–H groups in total. The minimum Gasteiger partial charge on any atom is -0.454 e. The maximum absolute atomic E-state index is 5.45. The summed E-state index contributed by atoms with van der Waals surface area (Å²) in [5.74, 6) is 2.93. The van der Waals surface area contributed by atoms with Crippen molar-refractivity contribution in [2.75, 3.05) is 6.79 Å². The van der Waals surface area contributed by atoms with E-state index in [2.05, 4.69) is 15.0 Å². The minimum absolute atomic E-state index is 0.261. The summed E-state index contributed by atoms with van der Waals surface area (Å²) in [6.45, 7) is 2.20. The third kappa shape index (κ3) is 2.30. The van der Waals surface area contributed by atoms with Crippen molar-refractivity contribution < 1.29 is 9.47 Å². The summed E-state index contributed by atoms with van der Waals surface area (Å²) in [5.41, 5.74) is 2.71. The lowest BCUT2D eigenvalue weighted by molar-refractivity contribution is 0.174. The Morgan fingerprint density at radius 2 is 1.88 bits per heavy atom. The van der Waals surface area contributed by atoms with E-state index in [1.165, 1.54) is 0 Å². The Bertz CT molecular complexity index is 1100. The molecule has 6 heteroatoms. The number of fused-ring (bicyclic) bond motifs is 2. The van der Waals surface area contributed by atoms with E-state index in [1.54, 1.807) is 0 Å². The molecule has 0 saturated heterocycles. The van der Waals surface area contributed by atoms with Gasteiger partial charge in [-0.3, -0.25) is 4.57 Å². The molecular formula is C19H14N4O2. The van der Waals surface area contributed by atoms with Crippen LogP contribution in [0.2, 0.25) is 0 Å². The number of para-hydroxylation sites is 1. The molecule has 2 aromatic heterocycles. The zero-order valence-corrected chi connectivity index (χ0v) is 13.5. The molecule has 0 fully saturated rings. The Morgan fingerprint density at radius 3 is 2.84 bits per heavy atom. The molecule has 3 heterocycles. The highest BCUT2D eigenvalue weighted by Gasteiger charge is 2.16. The lowest BCUT2D eigenvalue weighted by Gasteiger charge is -2.04. The number of hydrogen-bond donors (Lipinski definition) is 0.